The Morgan fingerprint density at radius 2 is 2.07 bits per heavy atom. The highest BCUT2D eigenvalue weighted by Gasteiger charge is 2.13. The van der Waals surface area contributed by atoms with Crippen LogP contribution in [0.5, 0.6) is 0 Å². The van der Waals surface area contributed by atoms with Gasteiger partial charge in [0.2, 0.25) is 11.0 Å². The Bertz CT molecular complexity index is 905. The molecule has 0 aliphatic heterocycles. The van der Waals surface area contributed by atoms with Crippen molar-refractivity contribution in [3.63, 3.8) is 0 Å². The summed E-state index contributed by atoms with van der Waals surface area (Å²) in [7, 11) is 0. The molecule has 3 aromatic rings. The van der Waals surface area contributed by atoms with Crippen molar-refractivity contribution in [1.29, 1.82) is 0 Å². The number of thioether (sulfide) groups is 1. The summed E-state index contributed by atoms with van der Waals surface area (Å²) in [4.78, 5) is 16.6. The normalized spacial score (nSPS) is 10.9. The zero-order valence-electron chi connectivity index (χ0n) is 15.2. The molecule has 0 atom stereocenters. The topological polar surface area (TPSA) is 92.9 Å². The molecule has 2 heterocycles. The average Bonchev–Trinajstić information content (AvgIpc) is 3.28. The monoisotopic (exact) mass is 403 g/mol. The molecule has 142 valence electrons. The molecular weight excluding hydrogens is 382 g/mol. The predicted molar refractivity (Wildman–Crippen MR) is 107 cm³/mol. The molecule has 1 amide bonds. The highest BCUT2D eigenvalue weighted by molar-refractivity contribution is 7.99. The second-order valence-corrected chi connectivity index (χ2v) is 7.98. The van der Waals surface area contributed by atoms with Crippen LogP contribution in [0.2, 0.25) is 0 Å². The molecule has 0 bridgehead atoms. The van der Waals surface area contributed by atoms with E-state index in [1.165, 1.54) is 28.7 Å². The molecule has 1 aromatic carbocycles. The molecule has 3 rings (SSSR count). The number of aliphatic hydroxyl groups is 1. The van der Waals surface area contributed by atoms with Crippen LogP contribution in [0.4, 0.5) is 5.13 Å². The number of nitrogens with one attached hydrogen (secondary N) is 1. The van der Waals surface area contributed by atoms with E-state index in [0.29, 0.717) is 22.5 Å². The van der Waals surface area contributed by atoms with Gasteiger partial charge in [0.05, 0.1) is 18.1 Å². The average molecular weight is 404 g/mol. The summed E-state index contributed by atoms with van der Waals surface area (Å²) >= 11 is 2.71. The van der Waals surface area contributed by atoms with Gasteiger partial charge in [-0.25, -0.2) is 4.98 Å². The molecule has 0 saturated carbocycles. The van der Waals surface area contributed by atoms with Gasteiger partial charge in [-0.15, -0.1) is 10.2 Å². The minimum Gasteiger partial charge on any atom is -0.390 e. The number of benzene rings is 1. The van der Waals surface area contributed by atoms with Gasteiger partial charge >= 0.3 is 0 Å². The first-order valence-corrected chi connectivity index (χ1v) is 10.3. The number of hydrogen-bond donors (Lipinski definition) is 2. The fraction of sp³-hybridized carbons (Fsp3) is 0.333. The van der Waals surface area contributed by atoms with Crippen molar-refractivity contribution in [2.75, 3.05) is 11.1 Å². The summed E-state index contributed by atoms with van der Waals surface area (Å²) in [5.74, 6) is 0.0471. The first-order chi connectivity index (χ1) is 13.1. The second kappa shape index (κ2) is 9.12. The molecule has 0 saturated heterocycles. The molecule has 0 spiro atoms. The first kappa shape index (κ1) is 19.5. The fourth-order valence-corrected chi connectivity index (χ4v) is 3.87. The Balaban J connectivity index is 1.63. The number of imidazole rings is 1. The zero-order valence-corrected chi connectivity index (χ0v) is 16.8. The van der Waals surface area contributed by atoms with Crippen molar-refractivity contribution in [3.05, 3.63) is 52.3 Å². The number of aliphatic hydroxyl groups excluding tert-OH is 1. The number of anilines is 1. The third-order valence-electron chi connectivity index (χ3n) is 3.77. The van der Waals surface area contributed by atoms with Crippen LogP contribution < -0.4 is 5.32 Å². The fourth-order valence-electron chi connectivity index (χ4n) is 2.38. The van der Waals surface area contributed by atoms with Gasteiger partial charge in [-0.3, -0.25) is 10.1 Å². The summed E-state index contributed by atoms with van der Waals surface area (Å²) in [6.07, 6.45) is 2.61. The van der Waals surface area contributed by atoms with Gasteiger partial charge in [0.15, 0.2) is 5.16 Å². The smallest absolute Gasteiger partial charge is 0.236 e. The van der Waals surface area contributed by atoms with Crippen LogP contribution in [-0.4, -0.2) is 36.5 Å². The lowest BCUT2D eigenvalue weighted by atomic mass is 10.1. The maximum atomic E-state index is 12.2. The van der Waals surface area contributed by atoms with Crippen LogP contribution in [0, 0.1) is 6.92 Å². The number of rotatable bonds is 8. The lowest BCUT2D eigenvalue weighted by Crippen LogP contribution is -2.14. The van der Waals surface area contributed by atoms with E-state index in [1.54, 1.807) is 0 Å². The van der Waals surface area contributed by atoms with E-state index in [4.69, 9.17) is 0 Å². The van der Waals surface area contributed by atoms with E-state index in [-0.39, 0.29) is 18.3 Å². The van der Waals surface area contributed by atoms with Gasteiger partial charge in [0.25, 0.3) is 0 Å². The Labute approximate surface area is 165 Å². The number of amides is 1. The van der Waals surface area contributed by atoms with Crippen molar-refractivity contribution in [1.82, 2.24) is 19.7 Å². The number of nitrogens with zero attached hydrogens (tertiary/aromatic N) is 4. The molecule has 7 nitrogen and oxygen atoms in total. The molecule has 2 N–H and O–H groups in total. The standard InChI is InChI=1S/C18H21N5O2S2/c1-3-16-21-22-17(27-16)20-15(25)11-26-18-19-14(10-24)9-23(18)8-13-6-4-12(2)5-7-13/h4-7,9,24H,3,8,10-11H2,1-2H3,(H,20,22,25). The van der Waals surface area contributed by atoms with E-state index in [9.17, 15) is 9.90 Å². The molecule has 0 aliphatic carbocycles. The van der Waals surface area contributed by atoms with E-state index in [1.807, 2.05) is 24.6 Å². The van der Waals surface area contributed by atoms with Gasteiger partial charge in [-0.1, -0.05) is 59.9 Å². The van der Waals surface area contributed by atoms with Crippen LogP contribution in [0.15, 0.2) is 35.6 Å². The summed E-state index contributed by atoms with van der Waals surface area (Å²) < 4.78 is 1.95. The highest BCUT2D eigenvalue weighted by Crippen LogP contribution is 2.21. The van der Waals surface area contributed by atoms with Gasteiger partial charge in [-0.2, -0.15) is 0 Å². The van der Waals surface area contributed by atoms with Crippen LogP contribution in [0.3, 0.4) is 0 Å². The first-order valence-electron chi connectivity index (χ1n) is 8.55. The van der Waals surface area contributed by atoms with E-state index >= 15 is 0 Å². The number of carbonyl (C=O) groups is 1. The summed E-state index contributed by atoms with van der Waals surface area (Å²) in [6.45, 7) is 4.54. The minimum atomic E-state index is -0.158. The Morgan fingerprint density at radius 3 is 2.74 bits per heavy atom. The molecule has 0 aliphatic rings. The van der Waals surface area contributed by atoms with Crippen molar-refractivity contribution in [2.45, 2.75) is 38.6 Å². The van der Waals surface area contributed by atoms with Crippen LogP contribution in [0.25, 0.3) is 0 Å². The molecule has 0 fully saturated rings. The third kappa shape index (κ3) is 5.38. The largest absolute Gasteiger partial charge is 0.390 e. The molecule has 0 radical (unpaired) electrons. The Hall–Kier alpha value is -2.23. The van der Waals surface area contributed by atoms with Gasteiger partial charge in [0, 0.05) is 12.7 Å². The SMILES string of the molecule is CCc1nnc(NC(=O)CSc2nc(CO)cn2Cc2ccc(C)cc2)s1. The van der Waals surface area contributed by atoms with Crippen LogP contribution in [0.1, 0.15) is 28.8 Å². The van der Waals surface area contributed by atoms with Crippen LogP contribution in [-0.2, 0) is 24.4 Å². The zero-order chi connectivity index (χ0) is 19.2. The Morgan fingerprint density at radius 1 is 1.30 bits per heavy atom. The quantitative estimate of drug-likeness (QED) is 0.562. The maximum Gasteiger partial charge on any atom is 0.236 e. The van der Waals surface area contributed by atoms with Gasteiger partial charge in [-0.05, 0) is 18.9 Å². The summed E-state index contributed by atoms with van der Waals surface area (Å²) in [6, 6.07) is 8.25. The molecule has 27 heavy (non-hydrogen) atoms. The van der Waals surface area contributed by atoms with Gasteiger partial charge < -0.3 is 9.67 Å². The van der Waals surface area contributed by atoms with Crippen molar-refractivity contribution >= 4 is 34.1 Å². The number of aromatic nitrogens is 4. The van der Waals surface area contributed by atoms with Crippen molar-refractivity contribution < 1.29 is 9.90 Å². The molecule has 9 heteroatoms. The number of hydrogen-bond acceptors (Lipinski definition) is 7. The number of aryl methyl sites for hydroxylation is 2. The number of carbonyl (C=O) groups excluding carboxylic acids is 1. The lowest BCUT2D eigenvalue weighted by molar-refractivity contribution is -0.113. The van der Waals surface area contributed by atoms with Gasteiger partial charge in [0.1, 0.15) is 5.01 Å². The van der Waals surface area contributed by atoms with E-state index < -0.39 is 0 Å². The summed E-state index contributed by atoms with van der Waals surface area (Å²) in [5, 5.41) is 22.2. The molecular formula is C18H21N5O2S2. The van der Waals surface area contributed by atoms with Crippen LogP contribution >= 0.6 is 23.1 Å². The van der Waals surface area contributed by atoms with Crippen molar-refractivity contribution in [2.24, 2.45) is 0 Å². The highest BCUT2D eigenvalue weighted by atomic mass is 32.2. The third-order valence-corrected chi connectivity index (χ3v) is 5.75. The second-order valence-electron chi connectivity index (χ2n) is 5.98. The Kier molecular flexibility index (Phi) is 6.59. The maximum absolute atomic E-state index is 12.2. The lowest BCUT2D eigenvalue weighted by Gasteiger charge is -2.08. The molecule has 2 aromatic heterocycles. The predicted octanol–water partition coefficient (Wildman–Crippen LogP) is 2.88. The summed E-state index contributed by atoms with van der Waals surface area (Å²) in [5.41, 5.74) is 2.92. The van der Waals surface area contributed by atoms with Crippen molar-refractivity contribution in [3.8, 4) is 0 Å². The van der Waals surface area contributed by atoms with E-state index in [0.717, 1.165) is 17.0 Å². The minimum absolute atomic E-state index is 0.134. The van der Waals surface area contributed by atoms with E-state index in [2.05, 4.69) is 44.8 Å². The molecule has 0 unspecified atom stereocenters.